The minimum atomic E-state index is -3.55. The second-order valence-corrected chi connectivity index (χ2v) is 6.83. The van der Waals surface area contributed by atoms with Crippen LogP contribution >= 0.6 is 0 Å². The summed E-state index contributed by atoms with van der Waals surface area (Å²) in [7, 11) is -2.02. The van der Waals surface area contributed by atoms with Gasteiger partial charge in [-0.15, -0.1) is 0 Å². The molecule has 0 saturated heterocycles. The number of methoxy groups -OCH3 is 1. The third kappa shape index (κ3) is 5.87. The molecule has 0 heterocycles. The maximum absolute atomic E-state index is 12.0. The highest BCUT2D eigenvalue weighted by atomic mass is 32.2. The van der Waals surface area contributed by atoms with E-state index in [1.165, 1.54) is 7.11 Å². The molecule has 0 spiro atoms. The summed E-state index contributed by atoms with van der Waals surface area (Å²) in [6.07, 6.45) is 0.347. The molecule has 114 valence electrons. The minimum Gasteiger partial charge on any atom is -0.398 e. The van der Waals surface area contributed by atoms with E-state index in [0.717, 1.165) is 0 Å². The molecule has 0 fully saturated rings. The molecule has 0 amide bonds. The fourth-order valence-corrected chi connectivity index (χ4v) is 2.90. The number of sulfonamides is 1. The molecule has 0 saturated carbocycles. The minimum absolute atomic E-state index is 0.0641. The third-order valence-electron chi connectivity index (χ3n) is 2.92. The SMILES string of the molecule is COCCC(C)(O)CNS(=O)(=O)Cc1ccccc1N. The summed E-state index contributed by atoms with van der Waals surface area (Å²) in [4.78, 5) is 0. The molecule has 1 atom stereocenters. The number of aliphatic hydroxyl groups is 1. The van der Waals surface area contributed by atoms with Crippen LogP contribution in [0.15, 0.2) is 24.3 Å². The predicted octanol–water partition coefficient (Wildman–Crippen LogP) is 0.476. The van der Waals surface area contributed by atoms with Crippen molar-refractivity contribution in [3.63, 3.8) is 0 Å². The quantitative estimate of drug-likeness (QED) is 0.606. The first-order chi connectivity index (χ1) is 9.26. The number of hydrogen-bond donors (Lipinski definition) is 3. The normalized spacial score (nSPS) is 14.9. The molecule has 1 aromatic carbocycles. The molecule has 6 nitrogen and oxygen atoms in total. The van der Waals surface area contributed by atoms with Crippen molar-refractivity contribution in [1.29, 1.82) is 0 Å². The van der Waals surface area contributed by atoms with Gasteiger partial charge in [-0.25, -0.2) is 13.1 Å². The predicted molar refractivity (Wildman–Crippen MR) is 78.6 cm³/mol. The van der Waals surface area contributed by atoms with Crippen molar-refractivity contribution in [2.24, 2.45) is 0 Å². The van der Waals surface area contributed by atoms with Gasteiger partial charge in [0.2, 0.25) is 10.0 Å². The Kier molecular flexibility index (Phi) is 5.94. The van der Waals surface area contributed by atoms with Crippen LogP contribution in [0.25, 0.3) is 0 Å². The number of rotatable bonds is 8. The van der Waals surface area contributed by atoms with Crippen LogP contribution in [-0.2, 0) is 20.5 Å². The fourth-order valence-electron chi connectivity index (χ4n) is 1.60. The van der Waals surface area contributed by atoms with Gasteiger partial charge in [0.1, 0.15) is 0 Å². The summed E-state index contributed by atoms with van der Waals surface area (Å²) in [6.45, 7) is 1.86. The van der Waals surface area contributed by atoms with Gasteiger partial charge in [-0.05, 0) is 18.6 Å². The van der Waals surface area contributed by atoms with Gasteiger partial charge in [-0.1, -0.05) is 18.2 Å². The third-order valence-corrected chi connectivity index (χ3v) is 4.19. The van der Waals surface area contributed by atoms with Gasteiger partial charge in [0.25, 0.3) is 0 Å². The molecule has 20 heavy (non-hydrogen) atoms. The lowest BCUT2D eigenvalue weighted by Crippen LogP contribution is -2.41. The molecular weight excluding hydrogens is 280 g/mol. The average Bonchev–Trinajstić information content (AvgIpc) is 2.37. The molecule has 0 aliphatic heterocycles. The van der Waals surface area contributed by atoms with Crippen LogP contribution in [0.4, 0.5) is 5.69 Å². The lowest BCUT2D eigenvalue weighted by atomic mass is 10.0. The summed E-state index contributed by atoms with van der Waals surface area (Å²) in [6, 6.07) is 6.79. The molecular formula is C13H22N2O4S. The largest absolute Gasteiger partial charge is 0.398 e. The molecule has 0 aliphatic rings. The van der Waals surface area contributed by atoms with E-state index in [0.29, 0.717) is 24.3 Å². The van der Waals surface area contributed by atoms with E-state index < -0.39 is 15.6 Å². The highest BCUT2D eigenvalue weighted by Crippen LogP contribution is 2.14. The van der Waals surface area contributed by atoms with E-state index in [-0.39, 0.29) is 12.3 Å². The maximum Gasteiger partial charge on any atom is 0.215 e. The number of nitrogen functional groups attached to an aromatic ring is 1. The van der Waals surface area contributed by atoms with Gasteiger partial charge in [-0.2, -0.15) is 0 Å². The maximum atomic E-state index is 12.0. The van der Waals surface area contributed by atoms with Crippen LogP contribution in [0.1, 0.15) is 18.9 Å². The molecule has 7 heteroatoms. The number of nitrogens with two attached hydrogens (primary N) is 1. The van der Waals surface area contributed by atoms with Gasteiger partial charge in [-0.3, -0.25) is 0 Å². The van der Waals surface area contributed by atoms with Crippen LogP contribution in [-0.4, -0.2) is 39.4 Å². The van der Waals surface area contributed by atoms with Crippen molar-refractivity contribution < 1.29 is 18.3 Å². The van der Waals surface area contributed by atoms with Gasteiger partial charge < -0.3 is 15.6 Å². The Labute approximate surface area is 120 Å². The van der Waals surface area contributed by atoms with Crippen molar-refractivity contribution in [3.05, 3.63) is 29.8 Å². The highest BCUT2D eigenvalue weighted by molar-refractivity contribution is 7.88. The Morgan fingerprint density at radius 3 is 2.65 bits per heavy atom. The summed E-state index contributed by atoms with van der Waals surface area (Å²) in [5.41, 5.74) is 5.54. The van der Waals surface area contributed by atoms with Crippen molar-refractivity contribution in [2.45, 2.75) is 24.7 Å². The molecule has 0 bridgehead atoms. The van der Waals surface area contributed by atoms with E-state index in [4.69, 9.17) is 10.5 Å². The zero-order valence-electron chi connectivity index (χ0n) is 11.8. The van der Waals surface area contributed by atoms with Crippen LogP contribution in [0.2, 0.25) is 0 Å². The van der Waals surface area contributed by atoms with Crippen LogP contribution < -0.4 is 10.5 Å². The highest BCUT2D eigenvalue weighted by Gasteiger charge is 2.23. The van der Waals surface area contributed by atoms with E-state index in [9.17, 15) is 13.5 Å². The van der Waals surface area contributed by atoms with E-state index >= 15 is 0 Å². The zero-order chi connectivity index (χ0) is 15.2. The van der Waals surface area contributed by atoms with Crippen molar-refractivity contribution in [1.82, 2.24) is 4.72 Å². The second kappa shape index (κ2) is 7.03. The van der Waals surface area contributed by atoms with E-state index in [1.807, 2.05) is 0 Å². The first kappa shape index (κ1) is 16.9. The Morgan fingerprint density at radius 1 is 1.40 bits per heavy atom. The van der Waals surface area contributed by atoms with E-state index in [2.05, 4.69) is 4.72 Å². The number of para-hydroxylation sites is 1. The standard InChI is InChI=1S/C13H22N2O4S/c1-13(16,7-8-19-2)10-15-20(17,18)9-11-5-3-4-6-12(11)14/h3-6,15-16H,7-10,14H2,1-2H3. The van der Waals surface area contributed by atoms with Crippen LogP contribution in [0, 0.1) is 0 Å². The van der Waals surface area contributed by atoms with Crippen molar-refractivity contribution >= 4 is 15.7 Å². The van der Waals surface area contributed by atoms with Gasteiger partial charge in [0.15, 0.2) is 0 Å². The summed E-state index contributed by atoms with van der Waals surface area (Å²) in [5, 5.41) is 10.00. The molecule has 0 radical (unpaired) electrons. The summed E-state index contributed by atoms with van der Waals surface area (Å²) in [5.74, 6) is -0.208. The number of anilines is 1. The van der Waals surface area contributed by atoms with E-state index in [1.54, 1.807) is 31.2 Å². The van der Waals surface area contributed by atoms with Crippen molar-refractivity contribution in [2.75, 3.05) is 26.0 Å². The Hall–Kier alpha value is -1.15. The van der Waals surface area contributed by atoms with Crippen LogP contribution in [0.3, 0.4) is 0 Å². The molecule has 0 aromatic heterocycles. The zero-order valence-corrected chi connectivity index (χ0v) is 12.6. The van der Waals surface area contributed by atoms with Crippen molar-refractivity contribution in [3.8, 4) is 0 Å². The number of benzene rings is 1. The summed E-state index contributed by atoms with van der Waals surface area (Å²) >= 11 is 0. The number of nitrogens with one attached hydrogen (secondary N) is 1. The number of hydrogen-bond acceptors (Lipinski definition) is 5. The lowest BCUT2D eigenvalue weighted by Gasteiger charge is -2.23. The monoisotopic (exact) mass is 302 g/mol. The topological polar surface area (TPSA) is 102 Å². The Morgan fingerprint density at radius 2 is 2.05 bits per heavy atom. The first-order valence-corrected chi connectivity index (χ1v) is 7.93. The van der Waals surface area contributed by atoms with Gasteiger partial charge in [0, 0.05) is 32.4 Å². The molecule has 1 aromatic rings. The smallest absolute Gasteiger partial charge is 0.215 e. The first-order valence-electron chi connectivity index (χ1n) is 6.28. The number of ether oxygens (including phenoxy) is 1. The van der Waals surface area contributed by atoms with Gasteiger partial charge >= 0.3 is 0 Å². The molecule has 4 N–H and O–H groups in total. The molecule has 1 unspecified atom stereocenters. The average molecular weight is 302 g/mol. The molecule has 0 aliphatic carbocycles. The van der Waals surface area contributed by atoms with Gasteiger partial charge in [0.05, 0.1) is 11.4 Å². The second-order valence-electron chi connectivity index (χ2n) is 5.02. The lowest BCUT2D eigenvalue weighted by molar-refractivity contribution is 0.0292. The van der Waals surface area contributed by atoms with Crippen LogP contribution in [0.5, 0.6) is 0 Å². The Balaban J connectivity index is 2.60. The Bertz CT molecular complexity index is 529. The fraction of sp³-hybridized carbons (Fsp3) is 0.538. The molecule has 1 rings (SSSR count). The summed E-state index contributed by atoms with van der Waals surface area (Å²) < 4.78 is 31.2.